The first kappa shape index (κ1) is 17.5. The lowest BCUT2D eigenvalue weighted by atomic mass is 10.2. The van der Waals surface area contributed by atoms with Gasteiger partial charge in [-0.15, -0.1) is 0 Å². The Labute approximate surface area is 138 Å². The van der Waals surface area contributed by atoms with Crippen molar-refractivity contribution in [1.82, 2.24) is 10.6 Å². The number of ether oxygens (including phenoxy) is 2. The molecule has 0 bridgehead atoms. The number of carbonyl (C=O) groups is 1. The van der Waals surface area contributed by atoms with E-state index in [2.05, 4.69) is 15.4 Å². The summed E-state index contributed by atoms with van der Waals surface area (Å²) in [5, 5.41) is 5.42. The van der Waals surface area contributed by atoms with E-state index >= 15 is 0 Å². The van der Waals surface area contributed by atoms with Gasteiger partial charge in [0.1, 0.15) is 11.5 Å². The highest BCUT2D eigenvalue weighted by Crippen LogP contribution is 2.15. The number of benzene rings is 2. The maximum Gasteiger partial charge on any atom is 0.387 e. The SMILES string of the molecule is COc1cccc(CNC(=O)NCc2ccc(OC(F)F)cc2)c1. The second-order valence-corrected chi connectivity index (χ2v) is 4.91. The molecule has 0 aromatic heterocycles. The van der Waals surface area contributed by atoms with Gasteiger partial charge in [0.25, 0.3) is 0 Å². The summed E-state index contributed by atoms with van der Waals surface area (Å²) in [6, 6.07) is 13.1. The van der Waals surface area contributed by atoms with E-state index in [-0.39, 0.29) is 18.3 Å². The predicted molar refractivity (Wildman–Crippen MR) is 85.1 cm³/mol. The Hall–Kier alpha value is -2.83. The van der Waals surface area contributed by atoms with Gasteiger partial charge < -0.3 is 20.1 Å². The lowest BCUT2D eigenvalue weighted by Gasteiger charge is -2.09. The summed E-state index contributed by atoms with van der Waals surface area (Å²) in [4.78, 5) is 11.8. The van der Waals surface area contributed by atoms with Crippen LogP contribution in [0.2, 0.25) is 0 Å². The van der Waals surface area contributed by atoms with E-state index in [1.807, 2.05) is 24.3 Å². The highest BCUT2D eigenvalue weighted by atomic mass is 19.3. The molecule has 0 aliphatic rings. The molecule has 0 atom stereocenters. The molecule has 0 radical (unpaired) electrons. The molecular formula is C17H18F2N2O3. The van der Waals surface area contributed by atoms with Gasteiger partial charge in [0.05, 0.1) is 7.11 Å². The van der Waals surface area contributed by atoms with Crippen LogP contribution in [0.4, 0.5) is 13.6 Å². The number of halogens is 2. The van der Waals surface area contributed by atoms with Crippen molar-refractivity contribution in [2.45, 2.75) is 19.7 Å². The maximum atomic E-state index is 12.1. The molecule has 2 aromatic rings. The molecule has 0 aliphatic heterocycles. The Kier molecular flexibility index (Phi) is 6.36. The molecule has 0 aliphatic carbocycles. The molecule has 0 saturated carbocycles. The van der Waals surface area contributed by atoms with E-state index in [9.17, 15) is 13.6 Å². The standard InChI is InChI=1S/C17H18F2N2O3/c1-23-15-4-2-3-13(9-15)11-21-17(22)20-10-12-5-7-14(8-6-12)24-16(18)19/h2-9,16H,10-11H2,1H3,(H2,20,21,22). The van der Waals surface area contributed by atoms with E-state index in [4.69, 9.17) is 4.74 Å². The van der Waals surface area contributed by atoms with Gasteiger partial charge in [0.15, 0.2) is 0 Å². The summed E-state index contributed by atoms with van der Waals surface area (Å²) in [5.41, 5.74) is 1.69. The monoisotopic (exact) mass is 336 g/mol. The van der Waals surface area contributed by atoms with Crippen molar-refractivity contribution < 1.29 is 23.0 Å². The van der Waals surface area contributed by atoms with Crippen LogP contribution in [-0.4, -0.2) is 19.8 Å². The van der Waals surface area contributed by atoms with Gasteiger partial charge in [0, 0.05) is 13.1 Å². The lowest BCUT2D eigenvalue weighted by Crippen LogP contribution is -2.34. The first-order valence-electron chi connectivity index (χ1n) is 7.25. The van der Waals surface area contributed by atoms with Gasteiger partial charge in [0.2, 0.25) is 0 Å². The number of alkyl halides is 2. The molecule has 0 unspecified atom stereocenters. The fourth-order valence-corrected chi connectivity index (χ4v) is 2.00. The Morgan fingerprint density at radius 2 is 1.67 bits per heavy atom. The summed E-state index contributed by atoms with van der Waals surface area (Å²) in [6.45, 7) is -2.21. The number of nitrogens with one attached hydrogen (secondary N) is 2. The summed E-state index contributed by atoms with van der Waals surface area (Å²) in [6.07, 6.45) is 0. The first-order valence-corrected chi connectivity index (χ1v) is 7.25. The quantitative estimate of drug-likeness (QED) is 0.816. The molecule has 0 heterocycles. The van der Waals surface area contributed by atoms with E-state index in [1.165, 1.54) is 12.1 Å². The Morgan fingerprint density at radius 1 is 1.00 bits per heavy atom. The van der Waals surface area contributed by atoms with E-state index < -0.39 is 6.61 Å². The van der Waals surface area contributed by atoms with E-state index in [0.29, 0.717) is 6.54 Å². The van der Waals surface area contributed by atoms with Gasteiger partial charge in [-0.1, -0.05) is 24.3 Å². The van der Waals surface area contributed by atoms with Crippen molar-refractivity contribution in [2.75, 3.05) is 7.11 Å². The van der Waals surface area contributed by atoms with Gasteiger partial charge in [-0.25, -0.2) is 4.79 Å². The van der Waals surface area contributed by atoms with Gasteiger partial charge >= 0.3 is 12.6 Å². The van der Waals surface area contributed by atoms with Crippen molar-refractivity contribution in [3.63, 3.8) is 0 Å². The Bertz CT molecular complexity index is 663. The van der Waals surface area contributed by atoms with Crippen molar-refractivity contribution in [3.05, 3.63) is 59.7 Å². The third kappa shape index (κ3) is 5.75. The number of rotatable bonds is 7. The molecule has 7 heteroatoms. The highest BCUT2D eigenvalue weighted by Gasteiger charge is 2.05. The van der Waals surface area contributed by atoms with Crippen LogP contribution in [0.3, 0.4) is 0 Å². The van der Waals surface area contributed by atoms with Crippen LogP contribution >= 0.6 is 0 Å². The fourth-order valence-electron chi connectivity index (χ4n) is 2.00. The zero-order chi connectivity index (χ0) is 17.4. The van der Waals surface area contributed by atoms with Gasteiger partial charge in [-0.05, 0) is 35.4 Å². The third-order valence-corrected chi connectivity index (χ3v) is 3.19. The topological polar surface area (TPSA) is 59.6 Å². The Balaban J connectivity index is 1.76. The van der Waals surface area contributed by atoms with E-state index in [1.54, 1.807) is 19.2 Å². The number of amides is 2. The van der Waals surface area contributed by atoms with Crippen LogP contribution in [-0.2, 0) is 13.1 Å². The highest BCUT2D eigenvalue weighted by molar-refractivity contribution is 5.73. The Morgan fingerprint density at radius 3 is 2.29 bits per heavy atom. The van der Waals surface area contributed by atoms with Crippen molar-refractivity contribution >= 4 is 6.03 Å². The number of urea groups is 1. The summed E-state index contributed by atoms with van der Waals surface area (Å²) >= 11 is 0. The molecule has 2 amide bonds. The number of methoxy groups -OCH3 is 1. The zero-order valence-electron chi connectivity index (χ0n) is 13.1. The van der Waals surface area contributed by atoms with Crippen LogP contribution in [0, 0.1) is 0 Å². The molecular weight excluding hydrogens is 318 g/mol. The minimum Gasteiger partial charge on any atom is -0.497 e. The largest absolute Gasteiger partial charge is 0.497 e. The summed E-state index contributed by atoms with van der Waals surface area (Å²) in [5.74, 6) is 0.803. The second kappa shape index (κ2) is 8.71. The molecule has 24 heavy (non-hydrogen) atoms. The van der Waals surface area contributed by atoms with E-state index in [0.717, 1.165) is 16.9 Å². The van der Waals surface area contributed by atoms with Crippen LogP contribution < -0.4 is 20.1 Å². The van der Waals surface area contributed by atoms with Crippen molar-refractivity contribution in [1.29, 1.82) is 0 Å². The van der Waals surface area contributed by atoms with Crippen LogP contribution in [0.1, 0.15) is 11.1 Å². The molecule has 5 nitrogen and oxygen atoms in total. The van der Waals surface area contributed by atoms with Crippen molar-refractivity contribution in [3.8, 4) is 11.5 Å². The first-order chi connectivity index (χ1) is 11.6. The molecule has 0 fully saturated rings. The van der Waals surface area contributed by atoms with Gasteiger partial charge in [-0.3, -0.25) is 0 Å². The maximum absolute atomic E-state index is 12.1. The van der Waals surface area contributed by atoms with Crippen LogP contribution in [0.5, 0.6) is 11.5 Å². The number of hydrogen-bond donors (Lipinski definition) is 2. The average Bonchev–Trinajstić information content (AvgIpc) is 2.59. The normalized spacial score (nSPS) is 10.3. The fraction of sp³-hybridized carbons (Fsp3) is 0.235. The minimum atomic E-state index is -2.85. The molecule has 0 saturated heterocycles. The second-order valence-electron chi connectivity index (χ2n) is 4.91. The lowest BCUT2D eigenvalue weighted by molar-refractivity contribution is -0.0498. The van der Waals surface area contributed by atoms with Crippen molar-refractivity contribution in [2.24, 2.45) is 0 Å². The zero-order valence-corrected chi connectivity index (χ0v) is 13.1. The van der Waals surface area contributed by atoms with Crippen LogP contribution in [0.25, 0.3) is 0 Å². The minimum absolute atomic E-state index is 0.0798. The summed E-state index contributed by atoms with van der Waals surface area (Å²) < 4.78 is 33.5. The van der Waals surface area contributed by atoms with Gasteiger partial charge in [-0.2, -0.15) is 8.78 Å². The molecule has 0 spiro atoms. The molecule has 2 aromatic carbocycles. The third-order valence-electron chi connectivity index (χ3n) is 3.19. The number of hydrogen-bond acceptors (Lipinski definition) is 3. The molecule has 2 rings (SSSR count). The number of carbonyl (C=O) groups excluding carboxylic acids is 1. The molecule has 2 N–H and O–H groups in total. The average molecular weight is 336 g/mol. The molecule has 128 valence electrons. The smallest absolute Gasteiger partial charge is 0.387 e. The summed E-state index contributed by atoms with van der Waals surface area (Å²) in [7, 11) is 1.58. The predicted octanol–water partition coefficient (Wildman–Crippen LogP) is 3.30. The van der Waals surface area contributed by atoms with Crippen LogP contribution in [0.15, 0.2) is 48.5 Å².